The van der Waals surface area contributed by atoms with E-state index in [0.717, 1.165) is 13.1 Å². The van der Waals surface area contributed by atoms with Crippen LogP contribution in [0.5, 0.6) is 0 Å². The van der Waals surface area contributed by atoms with Crippen molar-refractivity contribution >= 4 is 17.3 Å². The highest BCUT2D eigenvalue weighted by Crippen LogP contribution is 2.27. The van der Waals surface area contributed by atoms with Gasteiger partial charge >= 0.3 is 0 Å². The molecular formula is C15H15ClN2. The van der Waals surface area contributed by atoms with E-state index in [1.807, 2.05) is 18.3 Å². The molecule has 18 heavy (non-hydrogen) atoms. The van der Waals surface area contributed by atoms with E-state index in [1.165, 1.54) is 29.7 Å². The second-order valence-electron chi connectivity index (χ2n) is 4.64. The zero-order valence-electron chi connectivity index (χ0n) is 10.1. The van der Waals surface area contributed by atoms with E-state index < -0.39 is 0 Å². The Morgan fingerprint density at radius 3 is 2.89 bits per heavy atom. The van der Waals surface area contributed by atoms with Crippen molar-refractivity contribution < 1.29 is 0 Å². The quantitative estimate of drug-likeness (QED) is 0.764. The minimum absolute atomic E-state index is 0.554. The minimum Gasteiger partial charge on any atom is -0.367 e. The third-order valence-electron chi connectivity index (χ3n) is 3.37. The Labute approximate surface area is 112 Å². The zero-order valence-corrected chi connectivity index (χ0v) is 10.9. The number of para-hydroxylation sites is 1. The number of aryl methyl sites for hydroxylation is 1. The summed E-state index contributed by atoms with van der Waals surface area (Å²) in [5.41, 5.74) is 4.01. The molecule has 0 spiro atoms. The molecule has 0 amide bonds. The SMILES string of the molecule is Clc1ccc(CN2CCCc3ccccc32)cn1. The van der Waals surface area contributed by atoms with E-state index in [-0.39, 0.29) is 0 Å². The summed E-state index contributed by atoms with van der Waals surface area (Å²) in [7, 11) is 0. The van der Waals surface area contributed by atoms with Crippen LogP contribution >= 0.6 is 11.6 Å². The van der Waals surface area contributed by atoms with Crippen LogP contribution in [0.3, 0.4) is 0 Å². The van der Waals surface area contributed by atoms with Gasteiger partial charge in [0.05, 0.1) is 0 Å². The fourth-order valence-electron chi connectivity index (χ4n) is 2.50. The molecule has 0 aliphatic carbocycles. The summed E-state index contributed by atoms with van der Waals surface area (Å²) in [6.45, 7) is 2.01. The first kappa shape index (κ1) is 11.5. The first-order valence-corrected chi connectivity index (χ1v) is 6.64. The van der Waals surface area contributed by atoms with Gasteiger partial charge in [-0.1, -0.05) is 35.9 Å². The molecule has 0 atom stereocenters. The molecule has 3 heteroatoms. The summed E-state index contributed by atoms with van der Waals surface area (Å²) >= 11 is 5.81. The van der Waals surface area contributed by atoms with Gasteiger partial charge < -0.3 is 4.90 Å². The molecule has 0 N–H and O–H groups in total. The van der Waals surface area contributed by atoms with Gasteiger partial charge in [-0.15, -0.1) is 0 Å². The average molecular weight is 259 g/mol. The van der Waals surface area contributed by atoms with Crippen molar-refractivity contribution in [2.45, 2.75) is 19.4 Å². The number of halogens is 1. The van der Waals surface area contributed by atoms with Gasteiger partial charge in [-0.05, 0) is 36.1 Å². The molecular weight excluding hydrogens is 244 g/mol. The Kier molecular flexibility index (Phi) is 3.20. The highest BCUT2D eigenvalue weighted by atomic mass is 35.5. The molecule has 0 unspecified atom stereocenters. The van der Waals surface area contributed by atoms with Crippen LogP contribution < -0.4 is 4.90 Å². The highest BCUT2D eigenvalue weighted by Gasteiger charge is 2.16. The standard InChI is InChI=1S/C15H15ClN2/c16-15-8-7-12(10-17-15)11-18-9-3-5-13-4-1-2-6-14(13)18/h1-2,4,6-8,10H,3,5,9,11H2. The van der Waals surface area contributed by atoms with Crippen LogP contribution in [-0.4, -0.2) is 11.5 Å². The maximum absolute atomic E-state index is 5.81. The van der Waals surface area contributed by atoms with Gasteiger partial charge in [0.25, 0.3) is 0 Å². The van der Waals surface area contributed by atoms with Crippen molar-refractivity contribution in [1.29, 1.82) is 0 Å². The number of fused-ring (bicyclic) bond motifs is 1. The zero-order chi connectivity index (χ0) is 12.4. The van der Waals surface area contributed by atoms with E-state index in [4.69, 9.17) is 11.6 Å². The Morgan fingerprint density at radius 2 is 2.06 bits per heavy atom. The maximum Gasteiger partial charge on any atom is 0.129 e. The molecule has 2 nitrogen and oxygen atoms in total. The van der Waals surface area contributed by atoms with Gasteiger partial charge in [0.2, 0.25) is 0 Å². The fourth-order valence-corrected chi connectivity index (χ4v) is 2.61. The lowest BCUT2D eigenvalue weighted by Gasteiger charge is -2.31. The van der Waals surface area contributed by atoms with Crippen LogP contribution in [0, 0.1) is 0 Å². The monoisotopic (exact) mass is 258 g/mol. The summed E-state index contributed by atoms with van der Waals surface area (Å²) in [5.74, 6) is 0. The average Bonchev–Trinajstić information content (AvgIpc) is 2.42. The predicted octanol–water partition coefficient (Wildman–Crippen LogP) is 3.69. The first-order chi connectivity index (χ1) is 8.83. The second kappa shape index (κ2) is 4.99. The van der Waals surface area contributed by atoms with Gasteiger partial charge in [-0.3, -0.25) is 0 Å². The Morgan fingerprint density at radius 1 is 1.17 bits per heavy atom. The number of nitrogens with zero attached hydrogens (tertiary/aromatic N) is 2. The van der Waals surface area contributed by atoms with Gasteiger partial charge in [-0.2, -0.15) is 0 Å². The van der Waals surface area contributed by atoms with Crippen LogP contribution in [0.4, 0.5) is 5.69 Å². The predicted molar refractivity (Wildman–Crippen MR) is 75.1 cm³/mol. The summed E-state index contributed by atoms with van der Waals surface area (Å²) < 4.78 is 0. The number of rotatable bonds is 2. The molecule has 0 radical (unpaired) electrons. The van der Waals surface area contributed by atoms with Gasteiger partial charge in [0, 0.05) is 25.0 Å². The van der Waals surface area contributed by atoms with E-state index in [1.54, 1.807) is 0 Å². The molecule has 1 aromatic heterocycles. The van der Waals surface area contributed by atoms with Crippen molar-refractivity contribution in [2.24, 2.45) is 0 Å². The maximum atomic E-state index is 5.81. The van der Waals surface area contributed by atoms with E-state index in [0.29, 0.717) is 5.15 Å². The lowest BCUT2D eigenvalue weighted by molar-refractivity contribution is 0.690. The van der Waals surface area contributed by atoms with E-state index in [2.05, 4.69) is 34.1 Å². The van der Waals surface area contributed by atoms with Crippen molar-refractivity contribution in [3.63, 3.8) is 0 Å². The molecule has 0 bridgehead atoms. The summed E-state index contributed by atoms with van der Waals surface area (Å²) in [6, 6.07) is 12.6. The third kappa shape index (κ3) is 2.34. The Hall–Kier alpha value is -1.54. The molecule has 1 aliphatic heterocycles. The van der Waals surface area contributed by atoms with E-state index >= 15 is 0 Å². The van der Waals surface area contributed by atoms with E-state index in [9.17, 15) is 0 Å². The fraction of sp³-hybridized carbons (Fsp3) is 0.267. The number of hydrogen-bond acceptors (Lipinski definition) is 2. The van der Waals surface area contributed by atoms with Crippen molar-refractivity contribution in [2.75, 3.05) is 11.4 Å². The molecule has 3 rings (SSSR count). The Bertz CT molecular complexity index is 536. The molecule has 0 saturated carbocycles. The van der Waals surface area contributed by atoms with Crippen molar-refractivity contribution in [3.8, 4) is 0 Å². The Balaban J connectivity index is 1.84. The molecule has 1 aromatic carbocycles. The minimum atomic E-state index is 0.554. The molecule has 2 heterocycles. The number of anilines is 1. The van der Waals surface area contributed by atoms with Gasteiger partial charge in [0.1, 0.15) is 5.15 Å². The third-order valence-corrected chi connectivity index (χ3v) is 3.59. The smallest absolute Gasteiger partial charge is 0.129 e. The normalized spacial score (nSPS) is 14.4. The van der Waals surface area contributed by atoms with Crippen molar-refractivity contribution in [1.82, 2.24) is 4.98 Å². The van der Waals surface area contributed by atoms with Crippen LogP contribution in [0.2, 0.25) is 5.15 Å². The summed E-state index contributed by atoms with van der Waals surface area (Å²) in [6.07, 6.45) is 4.27. The van der Waals surface area contributed by atoms with Crippen LogP contribution in [0.15, 0.2) is 42.6 Å². The summed E-state index contributed by atoms with van der Waals surface area (Å²) in [5, 5.41) is 0.554. The first-order valence-electron chi connectivity index (χ1n) is 6.26. The second-order valence-corrected chi connectivity index (χ2v) is 5.03. The number of benzene rings is 1. The van der Waals surface area contributed by atoms with Gasteiger partial charge in [-0.25, -0.2) is 4.98 Å². The molecule has 2 aromatic rings. The topological polar surface area (TPSA) is 16.1 Å². The number of aromatic nitrogens is 1. The highest BCUT2D eigenvalue weighted by molar-refractivity contribution is 6.29. The molecule has 0 saturated heterocycles. The van der Waals surface area contributed by atoms with Crippen LogP contribution in [0.1, 0.15) is 17.5 Å². The summed E-state index contributed by atoms with van der Waals surface area (Å²) in [4.78, 5) is 6.56. The lowest BCUT2D eigenvalue weighted by atomic mass is 10.0. The number of pyridine rings is 1. The largest absolute Gasteiger partial charge is 0.367 e. The van der Waals surface area contributed by atoms with Crippen molar-refractivity contribution in [3.05, 3.63) is 58.9 Å². The number of hydrogen-bond donors (Lipinski definition) is 0. The van der Waals surface area contributed by atoms with Gasteiger partial charge in [0.15, 0.2) is 0 Å². The van der Waals surface area contributed by atoms with Crippen LogP contribution in [0.25, 0.3) is 0 Å². The lowest BCUT2D eigenvalue weighted by Crippen LogP contribution is -2.28. The van der Waals surface area contributed by atoms with Crippen LogP contribution in [-0.2, 0) is 13.0 Å². The molecule has 92 valence electrons. The molecule has 1 aliphatic rings. The molecule has 0 fully saturated rings.